The Morgan fingerprint density at radius 2 is 1.72 bits per heavy atom. The lowest BCUT2D eigenvalue weighted by Gasteiger charge is -2.63. The largest absolute Gasteiger partial charge is 0.497 e. The van der Waals surface area contributed by atoms with Gasteiger partial charge in [0.05, 0.1) is 43.0 Å². The normalized spacial score (nSPS) is 34.5. The fourth-order valence-corrected chi connectivity index (χ4v) is 10.3. The van der Waals surface area contributed by atoms with Gasteiger partial charge in [-0.2, -0.15) is 0 Å². The van der Waals surface area contributed by atoms with E-state index in [2.05, 4.69) is 40.4 Å². The summed E-state index contributed by atoms with van der Waals surface area (Å²) < 4.78 is 38.4. The Balaban J connectivity index is 1.59. The minimum absolute atomic E-state index is 0.0303. The first-order chi connectivity index (χ1) is 25.3. The van der Waals surface area contributed by atoms with E-state index in [0.29, 0.717) is 18.6 Å². The third-order valence-electron chi connectivity index (χ3n) is 13.4. The minimum atomic E-state index is -2.53. The molecule has 54 heavy (non-hydrogen) atoms. The summed E-state index contributed by atoms with van der Waals surface area (Å²) in [5.74, 6) is -1.99. The predicted molar refractivity (Wildman–Crippen MR) is 206 cm³/mol. The number of esters is 1. The van der Waals surface area contributed by atoms with Gasteiger partial charge in [-0.1, -0.05) is 77.6 Å². The highest BCUT2D eigenvalue weighted by Gasteiger charge is 2.78. The molecule has 2 saturated carbocycles. The van der Waals surface area contributed by atoms with Crippen LogP contribution in [-0.4, -0.2) is 86.2 Å². The Labute approximate surface area is 320 Å². The van der Waals surface area contributed by atoms with Crippen LogP contribution in [0.3, 0.4) is 0 Å². The molecule has 9 atom stereocenters. The summed E-state index contributed by atoms with van der Waals surface area (Å²) in [5, 5.41) is 25.8. The smallest absolute Gasteiger partial charge is 0.338 e. The van der Waals surface area contributed by atoms with Gasteiger partial charge in [-0.25, -0.2) is 4.79 Å². The van der Waals surface area contributed by atoms with Gasteiger partial charge in [0.15, 0.2) is 14.1 Å². The van der Waals surface area contributed by atoms with Crippen LogP contribution in [0.5, 0.6) is 5.75 Å². The third kappa shape index (κ3) is 6.58. The summed E-state index contributed by atoms with van der Waals surface area (Å²) in [7, 11) is -0.931. The van der Waals surface area contributed by atoms with Crippen molar-refractivity contribution in [3.05, 3.63) is 90.2 Å². The zero-order valence-corrected chi connectivity index (χ0v) is 34.2. The standard InChI is InChI=1S/C43H58O10Si/c1-11-23-49-31-24-30-33(50-25-27-17-19-29(48-8)20-18-27)36(45)41(7)32(53-54(9,10)39(2,3)4)21-22-42(26-51-42)34(41)37(43(47,35(31)44)40(30,5)6)52-38(46)28-15-13-12-14-16-28/h11-20,24,30,32-35,37,44,47H,1,21-23,25-26H2,2-10H3/t30-,32+,33-,34+,35-,37+,41-,42-,43-/m1/s1. The predicted octanol–water partition coefficient (Wildman–Crippen LogP) is 6.80. The number of Topliss-reactive ketones (excluding diaryl/α,β-unsaturated/α-hetero) is 1. The van der Waals surface area contributed by atoms with Gasteiger partial charge >= 0.3 is 5.97 Å². The van der Waals surface area contributed by atoms with Crippen molar-refractivity contribution in [3.8, 4) is 5.75 Å². The second kappa shape index (κ2) is 14.3. The number of epoxide rings is 1. The molecule has 1 heterocycles. The summed E-state index contributed by atoms with van der Waals surface area (Å²) in [6, 6.07) is 16.0. The van der Waals surface area contributed by atoms with Crippen molar-refractivity contribution < 1.29 is 47.9 Å². The average Bonchev–Trinajstić information content (AvgIpc) is 3.91. The van der Waals surface area contributed by atoms with Gasteiger partial charge in [-0.15, -0.1) is 0 Å². The number of benzene rings is 2. The van der Waals surface area contributed by atoms with Crippen LogP contribution in [0, 0.1) is 22.7 Å². The molecule has 3 aliphatic carbocycles. The first kappa shape index (κ1) is 40.3. The molecule has 3 fully saturated rings. The molecule has 10 nitrogen and oxygen atoms in total. The van der Waals surface area contributed by atoms with Crippen LogP contribution in [0.1, 0.15) is 70.3 Å². The Morgan fingerprint density at radius 3 is 2.30 bits per heavy atom. The maximum Gasteiger partial charge on any atom is 0.338 e. The quantitative estimate of drug-likeness (QED) is 0.109. The van der Waals surface area contributed by atoms with Crippen molar-refractivity contribution in [1.82, 2.24) is 0 Å². The summed E-state index contributed by atoms with van der Waals surface area (Å²) in [6.07, 6.45) is -0.629. The van der Waals surface area contributed by atoms with Crippen LogP contribution in [-0.2, 0) is 34.8 Å². The number of carbonyl (C=O) groups is 2. The molecule has 0 radical (unpaired) electrons. The molecule has 6 rings (SSSR count). The number of hydrogen-bond donors (Lipinski definition) is 2. The van der Waals surface area contributed by atoms with Crippen LogP contribution in [0.4, 0.5) is 0 Å². The molecule has 11 heteroatoms. The molecule has 1 spiro atoms. The number of hydrogen-bond acceptors (Lipinski definition) is 10. The van der Waals surface area contributed by atoms with Gasteiger partial charge in [-0.05, 0) is 73.8 Å². The van der Waals surface area contributed by atoms with Crippen molar-refractivity contribution in [3.63, 3.8) is 0 Å². The van der Waals surface area contributed by atoms with Crippen LogP contribution in [0.25, 0.3) is 0 Å². The molecule has 2 N–H and O–H groups in total. The van der Waals surface area contributed by atoms with Crippen LogP contribution in [0.2, 0.25) is 18.1 Å². The molecule has 0 amide bonds. The molecule has 2 bridgehead atoms. The molecule has 1 saturated heterocycles. The molecule has 294 valence electrons. The van der Waals surface area contributed by atoms with Crippen molar-refractivity contribution in [1.29, 1.82) is 0 Å². The van der Waals surface area contributed by atoms with Crippen molar-refractivity contribution >= 4 is 20.1 Å². The number of carbonyl (C=O) groups excluding carboxylic acids is 2. The van der Waals surface area contributed by atoms with Crippen molar-refractivity contribution in [2.24, 2.45) is 22.7 Å². The van der Waals surface area contributed by atoms with E-state index in [4.69, 9.17) is 28.1 Å². The van der Waals surface area contributed by atoms with Gasteiger partial charge in [0.1, 0.15) is 42.0 Å². The molecule has 4 aliphatic rings. The first-order valence-electron chi connectivity index (χ1n) is 19.0. The first-order valence-corrected chi connectivity index (χ1v) is 21.9. The van der Waals surface area contributed by atoms with Crippen molar-refractivity contribution in [2.45, 2.75) is 115 Å². The zero-order chi connectivity index (χ0) is 39.5. The minimum Gasteiger partial charge on any atom is -0.497 e. The van der Waals surface area contributed by atoms with Crippen LogP contribution < -0.4 is 4.74 Å². The van der Waals surface area contributed by atoms with E-state index in [-0.39, 0.29) is 42.0 Å². The van der Waals surface area contributed by atoms with E-state index >= 15 is 4.79 Å². The summed E-state index contributed by atoms with van der Waals surface area (Å²) in [6.45, 7) is 20.4. The monoisotopic (exact) mass is 762 g/mol. The number of aliphatic hydroxyl groups excluding tert-OH is 1. The fourth-order valence-electron chi connectivity index (χ4n) is 8.92. The number of methoxy groups -OCH3 is 1. The molecule has 2 aromatic rings. The topological polar surface area (TPSA) is 133 Å². The lowest BCUT2D eigenvalue weighted by molar-refractivity contribution is -0.274. The van der Waals surface area contributed by atoms with Gasteiger partial charge in [0, 0.05) is 17.3 Å². The Kier molecular flexibility index (Phi) is 10.7. The number of ether oxygens (including phenoxy) is 5. The lowest BCUT2D eigenvalue weighted by Crippen LogP contribution is -2.77. The van der Waals surface area contributed by atoms with E-state index in [1.807, 2.05) is 31.2 Å². The lowest BCUT2D eigenvalue weighted by atomic mass is 9.45. The average molecular weight is 763 g/mol. The van der Waals surface area contributed by atoms with Crippen LogP contribution >= 0.6 is 0 Å². The molecular formula is C43H58O10Si. The summed E-state index contributed by atoms with van der Waals surface area (Å²) >= 11 is 0. The molecule has 2 aromatic carbocycles. The van der Waals surface area contributed by atoms with E-state index in [1.165, 1.54) is 6.08 Å². The Morgan fingerprint density at radius 1 is 1.07 bits per heavy atom. The Bertz CT molecular complexity index is 1740. The fraction of sp³-hybridized carbons (Fsp3) is 0.581. The third-order valence-corrected chi connectivity index (χ3v) is 17.9. The van der Waals surface area contributed by atoms with Crippen molar-refractivity contribution in [2.75, 3.05) is 20.3 Å². The van der Waals surface area contributed by atoms with E-state index in [0.717, 1.165) is 5.56 Å². The number of ketones is 1. The number of fused-ring (bicyclic) bond motifs is 4. The maximum atomic E-state index is 16.0. The van der Waals surface area contributed by atoms with Gasteiger partial charge in [-0.3, -0.25) is 4.79 Å². The van der Waals surface area contributed by atoms with Gasteiger partial charge < -0.3 is 38.3 Å². The highest BCUT2D eigenvalue weighted by molar-refractivity contribution is 6.74. The van der Waals surface area contributed by atoms with E-state index in [9.17, 15) is 15.0 Å². The Hall–Kier alpha value is -3.32. The van der Waals surface area contributed by atoms with Gasteiger partial charge in [0.2, 0.25) is 0 Å². The summed E-state index contributed by atoms with van der Waals surface area (Å²) in [4.78, 5) is 30.2. The summed E-state index contributed by atoms with van der Waals surface area (Å²) in [5.41, 5.74) is -4.81. The van der Waals surface area contributed by atoms with Gasteiger partial charge in [0.25, 0.3) is 0 Å². The van der Waals surface area contributed by atoms with E-state index < -0.39 is 72.6 Å². The second-order valence-electron chi connectivity index (χ2n) is 17.8. The highest BCUT2D eigenvalue weighted by Crippen LogP contribution is 2.65. The maximum absolute atomic E-state index is 16.0. The number of rotatable bonds is 11. The van der Waals surface area contributed by atoms with E-state index in [1.54, 1.807) is 57.4 Å². The molecular weight excluding hydrogens is 705 g/mol. The SMILES string of the molecule is C=CCOC1=C[C@@H]2[C@@H](OCc3ccc(OC)cc3)C(=O)[C@]3(C)[C@@H](O[Si](C)(C)C(C)(C)C)CC[C@@]4(CO4)[C@H]3[C@H](OC(=O)c3ccccc3)[C@](O)([C@@H]1O)C2(C)C. The van der Waals surface area contributed by atoms with Crippen LogP contribution in [0.15, 0.2) is 79.1 Å². The molecule has 1 aliphatic heterocycles. The highest BCUT2D eigenvalue weighted by atomic mass is 28.4. The molecule has 0 aromatic heterocycles. The molecule has 0 unspecified atom stereocenters. The zero-order valence-electron chi connectivity index (χ0n) is 33.2. The number of aliphatic hydroxyl groups is 2. The second-order valence-corrected chi connectivity index (χ2v) is 22.6.